The van der Waals surface area contributed by atoms with Gasteiger partial charge in [-0.15, -0.1) is 0 Å². The summed E-state index contributed by atoms with van der Waals surface area (Å²) < 4.78 is 4.80. The minimum atomic E-state index is -0.304. The Hall–Kier alpha value is -1.30. The first-order valence-electron chi connectivity index (χ1n) is 4.25. The number of esters is 1. The Morgan fingerprint density at radius 2 is 2.23 bits per heavy atom. The molecule has 0 amide bonds. The van der Waals surface area contributed by atoms with Crippen molar-refractivity contribution in [1.29, 1.82) is 5.26 Å². The number of ether oxygens (including phenoxy) is 1. The number of carbonyl (C=O) groups is 1. The van der Waals surface area contributed by atoms with Gasteiger partial charge in [0.2, 0.25) is 0 Å². The average Bonchev–Trinajstić information content (AvgIpc) is 2.00. The van der Waals surface area contributed by atoms with E-state index >= 15 is 0 Å². The van der Waals surface area contributed by atoms with Gasteiger partial charge in [-0.3, -0.25) is 4.79 Å². The van der Waals surface area contributed by atoms with Crippen molar-refractivity contribution in [3.63, 3.8) is 0 Å². The summed E-state index contributed by atoms with van der Waals surface area (Å²) in [5, 5.41) is 8.31. The highest BCUT2D eigenvalue weighted by atomic mass is 16.5. The lowest BCUT2D eigenvalue weighted by molar-refractivity contribution is -0.144. The summed E-state index contributed by atoms with van der Waals surface area (Å²) in [6.45, 7) is 5.95. The molecule has 0 aromatic rings. The largest absolute Gasteiger partial charge is 0.466 e. The second-order valence-electron chi connectivity index (χ2n) is 3.43. The molecular formula is C10H15NO2. The molecule has 0 fully saturated rings. The molecule has 0 heterocycles. The fourth-order valence-electron chi connectivity index (χ4n) is 0.906. The third-order valence-electron chi connectivity index (χ3n) is 1.51. The predicted molar refractivity (Wildman–Crippen MR) is 49.8 cm³/mol. The molecule has 13 heavy (non-hydrogen) atoms. The van der Waals surface area contributed by atoms with E-state index in [0.717, 1.165) is 0 Å². The molecule has 3 heteroatoms. The summed E-state index contributed by atoms with van der Waals surface area (Å²) in [5.41, 5.74) is -0.304. The molecule has 0 aliphatic carbocycles. The van der Waals surface area contributed by atoms with Crippen LogP contribution in [0.2, 0.25) is 0 Å². The van der Waals surface area contributed by atoms with Crippen LogP contribution in [0.1, 0.15) is 27.2 Å². The van der Waals surface area contributed by atoms with Crippen molar-refractivity contribution in [1.82, 2.24) is 0 Å². The molecule has 72 valence electrons. The van der Waals surface area contributed by atoms with Gasteiger partial charge in [0, 0.05) is 6.08 Å². The SMILES string of the molecule is CCOC(=O)CC(C)(C)/C=C/C#N. The lowest BCUT2D eigenvalue weighted by Gasteiger charge is -2.17. The highest BCUT2D eigenvalue weighted by molar-refractivity contribution is 5.70. The summed E-state index contributed by atoms with van der Waals surface area (Å²) >= 11 is 0. The lowest BCUT2D eigenvalue weighted by Crippen LogP contribution is -2.16. The molecule has 0 spiro atoms. The Labute approximate surface area is 79.0 Å². The van der Waals surface area contributed by atoms with Crippen molar-refractivity contribution in [2.24, 2.45) is 5.41 Å². The van der Waals surface area contributed by atoms with E-state index in [0.29, 0.717) is 13.0 Å². The zero-order chi connectivity index (χ0) is 10.3. The summed E-state index contributed by atoms with van der Waals surface area (Å²) in [6.07, 6.45) is 3.40. The van der Waals surface area contributed by atoms with E-state index in [-0.39, 0.29) is 11.4 Å². The van der Waals surface area contributed by atoms with Gasteiger partial charge in [-0.2, -0.15) is 5.26 Å². The molecule has 0 N–H and O–H groups in total. The third kappa shape index (κ3) is 5.92. The van der Waals surface area contributed by atoms with Crippen LogP contribution in [-0.4, -0.2) is 12.6 Å². The first-order chi connectivity index (χ1) is 6.02. The lowest BCUT2D eigenvalue weighted by atomic mass is 9.89. The maximum atomic E-state index is 11.1. The Morgan fingerprint density at radius 3 is 2.69 bits per heavy atom. The van der Waals surface area contributed by atoms with E-state index in [4.69, 9.17) is 10.00 Å². The fourth-order valence-corrected chi connectivity index (χ4v) is 0.906. The maximum Gasteiger partial charge on any atom is 0.306 e. The van der Waals surface area contributed by atoms with Crippen LogP contribution in [0.3, 0.4) is 0 Å². The van der Waals surface area contributed by atoms with Crippen molar-refractivity contribution in [3.05, 3.63) is 12.2 Å². The van der Waals surface area contributed by atoms with E-state index in [1.807, 2.05) is 19.9 Å². The molecule has 0 aliphatic rings. The van der Waals surface area contributed by atoms with Crippen LogP contribution >= 0.6 is 0 Å². The topological polar surface area (TPSA) is 50.1 Å². The number of hydrogen-bond acceptors (Lipinski definition) is 3. The summed E-state index contributed by atoms with van der Waals surface area (Å²) in [6, 6.07) is 1.90. The highest BCUT2D eigenvalue weighted by Crippen LogP contribution is 2.22. The quantitative estimate of drug-likeness (QED) is 0.492. The fraction of sp³-hybridized carbons (Fsp3) is 0.600. The molecule has 0 aliphatic heterocycles. The molecule has 0 saturated heterocycles. The number of rotatable bonds is 4. The molecule has 0 aromatic carbocycles. The highest BCUT2D eigenvalue weighted by Gasteiger charge is 2.19. The van der Waals surface area contributed by atoms with Gasteiger partial charge in [-0.1, -0.05) is 19.9 Å². The molecule has 0 aromatic heterocycles. The van der Waals surface area contributed by atoms with Gasteiger partial charge < -0.3 is 4.74 Å². The van der Waals surface area contributed by atoms with Gasteiger partial charge in [-0.05, 0) is 12.3 Å². The standard InChI is InChI=1S/C10H15NO2/c1-4-13-9(12)8-10(2,3)6-5-7-11/h5-6H,4,8H2,1-3H3/b6-5+. The van der Waals surface area contributed by atoms with Crippen molar-refractivity contribution in [3.8, 4) is 6.07 Å². The Bertz CT molecular complexity index is 236. The molecule has 0 atom stereocenters. The predicted octanol–water partition coefficient (Wildman–Crippen LogP) is 2.05. The van der Waals surface area contributed by atoms with Crippen LogP contribution in [0.5, 0.6) is 0 Å². The number of nitriles is 1. The van der Waals surface area contributed by atoms with Crippen LogP contribution in [0.15, 0.2) is 12.2 Å². The van der Waals surface area contributed by atoms with E-state index in [1.165, 1.54) is 6.08 Å². The smallest absolute Gasteiger partial charge is 0.306 e. The minimum absolute atomic E-state index is 0.227. The Kier molecular flexibility index (Phi) is 4.83. The molecule has 0 rings (SSSR count). The zero-order valence-electron chi connectivity index (χ0n) is 8.33. The van der Waals surface area contributed by atoms with E-state index in [2.05, 4.69) is 0 Å². The van der Waals surface area contributed by atoms with Crippen LogP contribution in [0.4, 0.5) is 0 Å². The van der Waals surface area contributed by atoms with E-state index < -0.39 is 0 Å². The Morgan fingerprint density at radius 1 is 1.62 bits per heavy atom. The van der Waals surface area contributed by atoms with Gasteiger partial charge in [0.05, 0.1) is 19.1 Å². The number of allylic oxidation sites excluding steroid dienone is 2. The summed E-state index contributed by atoms with van der Waals surface area (Å²) in [4.78, 5) is 11.1. The number of hydrogen-bond donors (Lipinski definition) is 0. The number of nitrogens with zero attached hydrogens (tertiary/aromatic N) is 1. The molecule has 0 unspecified atom stereocenters. The monoisotopic (exact) mass is 181 g/mol. The summed E-state index contributed by atoms with van der Waals surface area (Å²) in [5.74, 6) is -0.227. The number of carbonyl (C=O) groups excluding carboxylic acids is 1. The molecule has 0 radical (unpaired) electrons. The second-order valence-corrected chi connectivity index (χ2v) is 3.43. The van der Waals surface area contributed by atoms with Gasteiger partial charge in [0.15, 0.2) is 0 Å². The summed E-state index contributed by atoms with van der Waals surface area (Å²) in [7, 11) is 0. The van der Waals surface area contributed by atoms with Gasteiger partial charge >= 0.3 is 5.97 Å². The van der Waals surface area contributed by atoms with Crippen LogP contribution < -0.4 is 0 Å². The first-order valence-corrected chi connectivity index (χ1v) is 4.25. The molecule has 0 bridgehead atoms. The van der Waals surface area contributed by atoms with Gasteiger partial charge in [0.25, 0.3) is 0 Å². The normalized spacial score (nSPS) is 11.2. The van der Waals surface area contributed by atoms with Crippen molar-refractivity contribution < 1.29 is 9.53 Å². The molecule has 0 saturated carbocycles. The van der Waals surface area contributed by atoms with Crippen LogP contribution in [0, 0.1) is 16.7 Å². The van der Waals surface area contributed by atoms with E-state index in [1.54, 1.807) is 13.0 Å². The van der Waals surface area contributed by atoms with Gasteiger partial charge in [-0.25, -0.2) is 0 Å². The minimum Gasteiger partial charge on any atom is -0.466 e. The average molecular weight is 181 g/mol. The van der Waals surface area contributed by atoms with Crippen LogP contribution in [0.25, 0.3) is 0 Å². The second kappa shape index (κ2) is 5.36. The van der Waals surface area contributed by atoms with Crippen molar-refractivity contribution in [2.45, 2.75) is 27.2 Å². The molecule has 3 nitrogen and oxygen atoms in total. The zero-order valence-corrected chi connectivity index (χ0v) is 8.33. The third-order valence-corrected chi connectivity index (χ3v) is 1.51. The van der Waals surface area contributed by atoms with Crippen LogP contribution in [-0.2, 0) is 9.53 Å². The van der Waals surface area contributed by atoms with Crippen molar-refractivity contribution in [2.75, 3.05) is 6.61 Å². The Balaban J connectivity index is 4.10. The van der Waals surface area contributed by atoms with E-state index in [9.17, 15) is 4.79 Å². The maximum absolute atomic E-state index is 11.1. The van der Waals surface area contributed by atoms with Gasteiger partial charge in [0.1, 0.15) is 0 Å². The first kappa shape index (κ1) is 11.7. The van der Waals surface area contributed by atoms with Crippen molar-refractivity contribution >= 4 is 5.97 Å². The molecular weight excluding hydrogens is 166 g/mol.